The number of benzene rings is 1. The maximum Gasteiger partial charge on any atom is 0.217 e. The third-order valence-corrected chi connectivity index (χ3v) is 3.84. The number of carbonyl (C=O) groups is 2. The van der Waals surface area contributed by atoms with Gasteiger partial charge in [-0.05, 0) is 43.7 Å². The van der Waals surface area contributed by atoms with Crippen molar-refractivity contribution in [1.82, 2.24) is 10.3 Å². The lowest BCUT2D eigenvalue weighted by Gasteiger charge is -2.08. The first kappa shape index (κ1) is 19.7. The van der Waals surface area contributed by atoms with E-state index in [-0.39, 0.29) is 17.7 Å². The average molecular weight is 373 g/mol. The van der Waals surface area contributed by atoms with Gasteiger partial charge in [0.05, 0.1) is 11.6 Å². The van der Waals surface area contributed by atoms with Crippen LogP contribution >= 0.6 is 11.6 Å². The number of aromatic nitrogens is 1. The van der Waals surface area contributed by atoms with Crippen LogP contribution in [0, 0.1) is 0 Å². The van der Waals surface area contributed by atoms with Crippen molar-refractivity contribution in [3.63, 3.8) is 0 Å². The van der Waals surface area contributed by atoms with Gasteiger partial charge >= 0.3 is 0 Å². The lowest BCUT2D eigenvalue weighted by Crippen LogP contribution is -2.28. The number of pyridine rings is 1. The van der Waals surface area contributed by atoms with E-state index in [1.807, 2.05) is 26.0 Å². The number of hydrogen-bond donors (Lipinski definition) is 1. The van der Waals surface area contributed by atoms with Crippen LogP contribution in [0.15, 0.2) is 42.6 Å². The second kappa shape index (κ2) is 9.15. The highest BCUT2D eigenvalue weighted by Gasteiger charge is 2.14. The van der Waals surface area contributed by atoms with Crippen molar-refractivity contribution in [3.05, 3.63) is 64.4 Å². The molecule has 0 unspecified atom stereocenters. The van der Waals surface area contributed by atoms with Gasteiger partial charge in [0.2, 0.25) is 11.7 Å². The SMILES string of the molecule is CCOc1ccc(C(=O)c2ccc(/C=C/[C@H](C)NC(C)=O)cn2)c(Cl)c1. The third-order valence-electron chi connectivity index (χ3n) is 3.52. The summed E-state index contributed by atoms with van der Waals surface area (Å²) in [6.07, 6.45) is 5.29. The molecule has 2 rings (SSSR count). The van der Waals surface area contributed by atoms with Crippen molar-refractivity contribution in [2.75, 3.05) is 6.61 Å². The first-order chi connectivity index (χ1) is 12.4. The maximum atomic E-state index is 12.6. The molecule has 0 saturated heterocycles. The number of ether oxygens (including phenoxy) is 1. The van der Waals surface area contributed by atoms with Gasteiger partial charge in [0.15, 0.2) is 0 Å². The molecule has 1 aromatic heterocycles. The summed E-state index contributed by atoms with van der Waals surface area (Å²) in [4.78, 5) is 27.8. The number of nitrogens with zero attached hydrogens (tertiary/aromatic N) is 1. The molecular formula is C20H21ClN2O3. The molecule has 0 saturated carbocycles. The Hall–Kier alpha value is -2.66. The van der Waals surface area contributed by atoms with Crippen molar-refractivity contribution < 1.29 is 14.3 Å². The zero-order valence-electron chi connectivity index (χ0n) is 15.0. The predicted molar refractivity (Wildman–Crippen MR) is 103 cm³/mol. The van der Waals surface area contributed by atoms with Gasteiger partial charge in [-0.1, -0.05) is 29.8 Å². The Labute approximate surface area is 158 Å². The minimum absolute atomic E-state index is 0.0866. The van der Waals surface area contributed by atoms with Crippen LogP contribution in [0.5, 0.6) is 5.75 Å². The quantitative estimate of drug-likeness (QED) is 0.748. The van der Waals surface area contributed by atoms with Gasteiger partial charge in [-0.3, -0.25) is 14.6 Å². The van der Waals surface area contributed by atoms with E-state index in [0.717, 1.165) is 5.56 Å². The van der Waals surface area contributed by atoms with Gasteiger partial charge in [-0.25, -0.2) is 0 Å². The van der Waals surface area contributed by atoms with Crippen molar-refractivity contribution >= 4 is 29.4 Å². The van der Waals surface area contributed by atoms with Crippen LogP contribution in [0.1, 0.15) is 42.4 Å². The first-order valence-corrected chi connectivity index (χ1v) is 8.67. The normalized spacial score (nSPS) is 12.0. The lowest BCUT2D eigenvalue weighted by molar-refractivity contribution is -0.119. The molecule has 2 aromatic rings. The standard InChI is InChI=1S/C20H21ClN2O3/c1-4-26-16-8-9-17(18(21)11-16)20(25)19-10-7-15(12-22-19)6-5-13(2)23-14(3)24/h5-13H,4H2,1-3H3,(H,23,24)/b6-5+/t13-/m0/s1. The summed E-state index contributed by atoms with van der Waals surface area (Å²) in [7, 11) is 0. The minimum atomic E-state index is -0.250. The van der Waals surface area contributed by atoms with E-state index in [1.54, 1.807) is 36.5 Å². The smallest absolute Gasteiger partial charge is 0.217 e. The molecule has 1 amide bonds. The molecular weight excluding hydrogens is 352 g/mol. The zero-order chi connectivity index (χ0) is 19.1. The Morgan fingerprint density at radius 1 is 1.31 bits per heavy atom. The van der Waals surface area contributed by atoms with Crippen LogP contribution in [0.4, 0.5) is 0 Å². The fourth-order valence-corrected chi connectivity index (χ4v) is 2.59. The van der Waals surface area contributed by atoms with Crippen LogP contribution in [0.2, 0.25) is 5.02 Å². The van der Waals surface area contributed by atoms with Crippen LogP contribution in [0.3, 0.4) is 0 Å². The number of hydrogen-bond acceptors (Lipinski definition) is 4. The van der Waals surface area contributed by atoms with Crippen molar-refractivity contribution in [2.45, 2.75) is 26.8 Å². The van der Waals surface area contributed by atoms with Gasteiger partial charge in [-0.15, -0.1) is 0 Å². The fraction of sp³-hybridized carbons (Fsp3) is 0.250. The molecule has 5 nitrogen and oxygen atoms in total. The minimum Gasteiger partial charge on any atom is -0.494 e. The molecule has 0 spiro atoms. The van der Waals surface area contributed by atoms with Gasteiger partial charge in [0.25, 0.3) is 0 Å². The molecule has 26 heavy (non-hydrogen) atoms. The summed E-state index contributed by atoms with van der Waals surface area (Å²) in [5, 5.41) is 3.09. The molecule has 1 N–H and O–H groups in total. The summed E-state index contributed by atoms with van der Waals surface area (Å²) in [6, 6.07) is 8.33. The zero-order valence-corrected chi connectivity index (χ0v) is 15.7. The van der Waals surface area contributed by atoms with E-state index in [0.29, 0.717) is 28.6 Å². The number of nitrogens with one attached hydrogen (secondary N) is 1. The van der Waals surface area contributed by atoms with Crippen molar-refractivity contribution in [2.24, 2.45) is 0 Å². The van der Waals surface area contributed by atoms with Crippen LogP contribution in [-0.4, -0.2) is 29.3 Å². The second-order valence-corrected chi connectivity index (χ2v) is 6.14. The number of ketones is 1. The van der Waals surface area contributed by atoms with Crippen LogP contribution in [-0.2, 0) is 4.79 Å². The van der Waals surface area contributed by atoms with Crippen LogP contribution < -0.4 is 10.1 Å². The molecule has 0 aliphatic rings. The summed E-state index contributed by atoms with van der Waals surface area (Å²) < 4.78 is 5.37. The highest BCUT2D eigenvalue weighted by Crippen LogP contribution is 2.24. The molecule has 0 aliphatic carbocycles. The van der Waals surface area contributed by atoms with E-state index < -0.39 is 0 Å². The van der Waals surface area contributed by atoms with Gasteiger partial charge in [0, 0.05) is 24.7 Å². The Balaban J connectivity index is 2.11. The van der Waals surface area contributed by atoms with Gasteiger partial charge < -0.3 is 10.1 Å². The lowest BCUT2D eigenvalue weighted by atomic mass is 10.1. The Kier molecular flexibility index (Phi) is 6.92. The fourth-order valence-electron chi connectivity index (χ4n) is 2.34. The van der Waals surface area contributed by atoms with E-state index in [2.05, 4.69) is 10.3 Å². The van der Waals surface area contributed by atoms with Crippen LogP contribution in [0.25, 0.3) is 6.08 Å². The number of carbonyl (C=O) groups excluding carboxylic acids is 2. The topological polar surface area (TPSA) is 68.3 Å². The monoisotopic (exact) mass is 372 g/mol. The van der Waals surface area contributed by atoms with Crippen molar-refractivity contribution in [1.29, 1.82) is 0 Å². The summed E-state index contributed by atoms with van der Waals surface area (Å²) >= 11 is 6.19. The Morgan fingerprint density at radius 3 is 2.65 bits per heavy atom. The molecule has 0 bridgehead atoms. The summed E-state index contributed by atoms with van der Waals surface area (Å²) in [5.74, 6) is 0.282. The first-order valence-electron chi connectivity index (χ1n) is 8.29. The molecule has 1 aromatic carbocycles. The molecule has 0 radical (unpaired) electrons. The van der Waals surface area contributed by atoms with Gasteiger partial charge in [-0.2, -0.15) is 0 Å². The van der Waals surface area contributed by atoms with E-state index in [1.165, 1.54) is 6.92 Å². The number of rotatable bonds is 7. The second-order valence-electron chi connectivity index (χ2n) is 5.73. The summed E-state index contributed by atoms with van der Waals surface area (Å²) in [5.41, 5.74) is 1.52. The largest absolute Gasteiger partial charge is 0.494 e. The van der Waals surface area contributed by atoms with Gasteiger partial charge in [0.1, 0.15) is 11.4 Å². The third kappa shape index (κ3) is 5.43. The highest BCUT2D eigenvalue weighted by atomic mass is 35.5. The maximum absolute atomic E-state index is 12.6. The molecule has 0 aliphatic heterocycles. The highest BCUT2D eigenvalue weighted by molar-refractivity contribution is 6.35. The molecule has 136 valence electrons. The van der Waals surface area contributed by atoms with Crippen molar-refractivity contribution in [3.8, 4) is 5.75 Å². The molecule has 1 heterocycles. The Morgan fingerprint density at radius 2 is 2.08 bits per heavy atom. The predicted octanol–water partition coefficient (Wildman–Crippen LogP) is 3.90. The Bertz CT molecular complexity index is 816. The number of halogens is 1. The number of amides is 1. The molecule has 6 heteroatoms. The molecule has 0 fully saturated rings. The van der Waals surface area contributed by atoms with E-state index in [9.17, 15) is 9.59 Å². The summed E-state index contributed by atoms with van der Waals surface area (Å²) in [6.45, 7) is 5.75. The average Bonchev–Trinajstić information content (AvgIpc) is 2.60. The van der Waals surface area contributed by atoms with E-state index in [4.69, 9.17) is 16.3 Å². The van der Waals surface area contributed by atoms with E-state index >= 15 is 0 Å². The molecule has 1 atom stereocenters.